The lowest BCUT2D eigenvalue weighted by atomic mass is 9.81. The van der Waals surface area contributed by atoms with E-state index < -0.39 is 69.9 Å². The summed E-state index contributed by atoms with van der Waals surface area (Å²) >= 11 is 0. The van der Waals surface area contributed by atoms with Gasteiger partial charge < -0.3 is 33.7 Å². The van der Waals surface area contributed by atoms with Crippen LogP contribution in [0.25, 0.3) is 0 Å². The highest BCUT2D eigenvalue weighted by atomic mass is 32.2. The molecule has 2 N–H and O–H groups in total. The van der Waals surface area contributed by atoms with E-state index in [4.69, 9.17) is 4.74 Å². The topological polar surface area (TPSA) is 236 Å². The van der Waals surface area contributed by atoms with Gasteiger partial charge in [0.2, 0.25) is 5.69 Å². The van der Waals surface area contributed by atoms with Crippen LogP contribution in [0, 0.1) is 6.92 Å². The summed E-state index contributed by atoms with van der Waals surface area (Å²) < 4.78 is 112. The lowest BCUT2D eigenvalue weighted by molar-refractivity contribution is -0.437. The van der Waals surface area contributed by atoms with Gasteiger partial charge in [0.1, 0.15) is 22.8 Å². The van der Waals surface area contributed by atoms with Crippen molar-refractivity contribution in [3.8, 4) is 0 Å². The van der Waals surface area contributed by atoms with Crippen molar-refractivity contribution in [1.29, 1.82) is 0 Å². The maximum Gasteiger partial charge on any atom is 0.295 e. The van der Waals surface area contributed by atoms with E-state index in [1.165, 1.54) is 25.1 Å². The molecule has 2 aliphatic heterocycles. The fourth-order valence-electron chi connectivity index (χ4n) is 8.15. The fourth-order valence-corrected chi connectivity index (χ4v) is 9.62. The van der Waals surface area contributed by atoms with Crippen LogP contribution in [0.5, 0.6) is 0 Å². The summed E-state index contributed by atoms with van der Waals surface area (Å²) in [6.45, 7) is 11.9. The minimum atomic E-state index is -4.80. The zero-order valence-corrected chi connectivity index (χ0v) is 36.4. The number of allylic oxidation sites excluding steroid dienone is 7. The van der Waals surface area contributed by atoms with Crippen LogP contribution in [0.1, 0.15) is 83.4 Å². The molecular formula is C41H51N3O12S3-2. The zero-order valence-electron chi connectivity index (χ0n) is 33.9. The third kappa shape index (κ3) is 10.6. The summed E-state index contributed by atoms with van der Waals surface area (Å²) in [4.78, 5) is 13.2. The number of aliphatic hydroxyl groups excluding tert-OH is 1. The highest BCUT2D eigenvalue weighted by Crippen LogP contribution is 2.48. The Morgan fingerprint density at radius 3 is 2.20 bits per heavy atom. The first-order valence-corrected chi connectivity index (χ1v) is 23.8. The van der Waals surface area contributed by atoms with Crippen LogP contribution in [0.3, 0.4) is 0 Å². The lowest BCUT2D eigenvalue weighted by Crippen LogP contribution is -2.41. The van der Waals surface area contributed by atoms with Crippen LogP contribution in [0.2, 0.25) is 0 Å². The van der Waals surface area contributed by atoms with Gasteiger partial charge in [0.25, 0.3) is 6.47 Å². The normalized spacial score (nSPS) is 20.3. The van der Waals surface area contributed by atoms with E-state index in [0.717, 1.165) is 33.7 Å². The molecule has 0 saturated carbocycles. The molecule has 3 aliphatic rings. The van der Waals surface area contributed by atoms with Crippen molar-refractivity contribution in [1.82, 2.24) is 5.32 Å². The quantitative estimate of drug-likeness (QED) is 0.0981. The molecule has 0 spiro atoms. The molecule has 59 heavy (non-hydrogen) atoms. The van der Waals surface area contributed by atoms with Crippen molar-refractivity contribution in [2.24, 2.45) is 0 Å². The Kier molecular flexibility index (Phi) is 13.6. The number of carbonyl (C=O) groups excluding carboxylic acids is 1. The van der Waals surface area contributed by atoms with Gasteiger partial charge in [-0.3, -0.25) is 4.79 Å². The van der Waals surface area contributed by atoms with Crippen LogP contribution >= 0.6 is 0 Å². The highest BCUT2D eigenvalue weighted by Gasteiger charge is 2.45. The number of nitrogens with one attached hydrogen (secondary N) is 1. The van der Waals surface area contributed by atoms with Crippen LogP contribution in [0.4, 0.5) is 11.4 Å². The molecule has 0 radical (unpaired) electrons. The molecule has 0 bridgehead atoms. The summed E-state index contributed by atoms with van der Waals surface area (Å²) in [6.07, 6.45) is 7.19. The largest absolute Gasteiger partial charge is 0.748 e. The van der Waals surface area contributed by atoms with E-state index in [1.54, 1.807) is 4.58 Å². The van der Waals surface area contributed by atoms with Gasteiger partial charge in [-0.05, 0) is 94.4 Å². The van der Waals surface area contributed by atoms with Gasteiger partial charge in [0, 0.05) is 64.7 Å². The van der Waals surface area contributed by atoms with Crippen molar-refractivity contribution >= 4 is 53.9 Å². The molecule has 18 heteroatoms. The SMILES string of the molecule is Cc1ccc2c(c1)C(C)(C)/C(=C/C=C1\CCCC(/C=C/C3=[N+](CCCS(=O)(=O)[O-])c4ccc(S(=O)(=O)[O-])cc4C3(C)C)=C1NC(OC=O)C(C)O)N2CCCS(=O)(=O)[O-]. The van der Waals surface area contributed by atoms with Crippen LogP contribution < -0.4 is 10.2 Å². The number of hydrogen-bond acceptors (Lipinski definition) is 14. The minimum absolute atomic E-state index is 0.0278. The van der Waals surface area contributed by atoms with Gasteiger partial charge in [0.05, 0.1) is 30.5 Å². The zero-order chi connectivity index (χ0) is 43.7. The number of anilines is 1. The maximum atomic E-state index is 12.0. The van der Waals surface area contributed by atoms with Crippen molar-refractivity contribution in [2.45, 2.75) is 102 Å². The molecule has 322 valence electrons. The first-order chi connectivity index (χ1) is 27.3. The first-order valence-electron chi connectivity index (χ1n) is 19.2. The van der Waals surface area contributed by atoms with Gasteiger partial charge >= 0.3 is 0 Å². The minimum Gasteiger partial charge on any atom is -0.748 e. The number of nitrogens with zero attached hydrogens (tertiary/aromatic N) is 2. The van der Waals surface area contributed by atoms with Crippen molar-refractivity contribution in [3.05, 3.63) is 99.9 Å². The molecule has 2 aromatic rings. The molecule has 5 rings (SSSR count). The molecule has 2 heterocycles. The van der Waals surface area contributed by atoms with E-state index in [9.17, 15) is 48.8 Å². The van der Waals surface area contributed by atoms with E-state index in [0.29, 0.717) is 41.9 Å². The second kappa shape index (κ2) is 17.4. The summed E-state index contributed by atoms with van der Waals surface area (Å²) in [5, 5.41) is 13.8. The van der Waals surface area contributed by atoms with Crippen LogP contribution in [-0.4, -0.2) is 97.7 Å². The average Bonchev–Trinajstić information content (AvgIpc) is 3.45. The van der Waals surface area contributed by atoms with Gasteiger partial charge in [-0.1, -0.05) is 43.7 Å². The molecule has 2 aromatic carbocycles. The molecule has 0 amide bonds. The number of aryl methyl sites for hydroxylation is 1. The van der Waals surface area contributed by atoms with Gasteiger partial charge in [-0.15, -0.1) is 0 Å². The Morgan fingerprint density at radius 2 is 1.58 bits per heavy atom. The van der Waals surface area contributed by atoms with Crippen molar-refractivity contribution < 1.29 is 58.1 Å². The van der Waals surface area contributed by atoms with Gasteiger partial charge in [0.15, 0.2) is 11.9 Å². The Hall–Kier alpha value is -4.17. The average molecular weight is 874 g/mol. The number of aliphatic hydroxyl groups is 1. The molecule has 1 aliphatic carbocycles. The Labute approximate surface area is 347 Å². The van der Waals surface area contributed by atoms with Gasteiger partial charge in [-0.25, -0.2) is 25.3 Å². The molecule has 2 unspecified atom stereocenters. The van der Waals surface area contributed by atoms with E-state index in [1.807, 2.05) is 62.1 Å². The predicted molar refractivity (Wildman–Crippen MR) is 219 cm³/mol. The van der Waals surface area contributed by atoms with Gasteiger partial charge in [-0.2, -0.15) is 4.58 Å². The molecule has 0 saturated heterocycles. The predicted octanol–water partition coefficient (Wildman–Crippen LogP) is 4.22. The van der Waals surface area contributed by atoms with E-state index in [2.05, 4.69) is 25.2 Å². The van der Waals surface area contributed by atoms with Crippen molar-refractivity contribution in [2.75, 3.05) is 29.5 Å². The summed E-state index contributed by atoms with van der Waals surface area (Å²) in [5.74, 6) is -1.14. The first kappa shape index (κ1) is 45.9. The Balaban J connectivity index is 1.65. The van der Waals surface area contributed by atoms with Crippen LogP contribution in [-0.2, 0) is 50.7 Å². The number of carbonyl (C=O) groups is 1. The molecule has 0 aromatic heterocycles. The fraction of sp³-hybridized carbons (Fsp3) is 0.463. The Bertz CT molecular complexity index is 2480. The van der Waals surface area contributed by atoms with Crippen molar-refractivity contribution in [3.63, 3.8) is 0 Å². The third-order valence-corrected chi connectivity index (χ3v) is 13.5. The second-order valence-corrected chi connectivity index (χ2v) is 20.6. The lowest BCUT2D eigenvalue weighted by Gasteiger charge is -2.29. The highest BCUT2D eigenvalue weighted by molar-refractivity contribution is 7.86. The monoisotopic (exact) mass is 873 g/mol. The Morgan fingerprint density at radius 1 is 0.898 bits per heavy atom. The number of hydrogen-bond donors (Lipinski definition) is 2. The van der Waals surface area contributed by atoms with E-state index in [-0.39, 0.29) is 32.4 Å². The van der Waals surface area contributed by atoms with Crippen LogP contribution in [0.15, 0.2) is 88.1 Å². The second-order valence-electron chi connectivity index (χ2n) is 16.2. The molecule has 15 nitrogen and oxygen atoms in total. The number of benzene rings is 2. The summed E-state index contributed by atoms with van der Waals surface area (Å²) in [5.41, 5.74) is 6.27. The number of fused-ring (bicyclic) bond motifs is 2. The van der Waals surface area contributed by atoms with E-state index >= 15 is 0 Å². The molecule has 0 fully saturated rings. The number of ether oxygens (including phenoxy) is 1. The maximum absolute atomic E-state index is 12.0. The molecule has 2 atom stereocenters. The smallest absolute Gasteiger partial charge is 0.295 e. The third-order valence-electron chi connectivity index (χ3n) is 11.1. The standard InChI is InChI=1S/C41H53N3O12S3/c1-27-12-16-34-32(24-27)40(3,4)36(43(34)20-8-22-57(47,48)49)18-13-29-10-7-11-30(38(29)42-39(28(2)46)56-26-45)14-19-37-41(5,6)33-25-31(59(53,54)55)15-17-35(33)44(37)21-9-23-58(50,51)52/h12-19,24-26,28,39,46H,7-11,20-23H2,1-6H3,(H3,47,48,49,50,51,52,53,54,55)/p-2/b29-13+,36-18-. The summed E-state index contributed by atoms with van der Waals surface area (Å²) in [6, 6.07) is 10.0. The molecular weight excluding hydrogens is 823 g/mol. The summed E-state index contributed by atoms with van der Waals surface area (Å²) in [7, 11) is -13.8. The number of rotatable bonds is 17.